The number of ketones is 2. The van der Waals surface area contributed by atoms with Gasteiger partial charge in [-0.3, -0.25) is 9.59 Å². The van der Waals surface area contributed by atoms with Gasteiger partial charge in [0.05, 0.1) is 22.3 Å². The van der Waals surface area contributed by atoms with E-state index < -0.39 is 29.3 Å². The summed E-state index contributed by atoms with van der Waals surface area (Å²) in [5.41, 5.74) is 2.01. The summed E-state index contributed by atoms with van der Waals surface area (Å²) in [6.45, 7) is 3.82. The van der Waals surface area contributed by atoms with E-state index in [1.165, 1.54) is 48.5 Å². The van der Waals surface area contributed by atoms with Crippen LogP contribution >= 0.6 is 0 Å². The fraction of sp³-hybridized carbons (Fsp3) is 0.143. The quantitative estimate of drug-likeness (QED) is 0.161. The van der Waals surface area contributed by atoms with Gasteiger partial charge in [-0.05, 0) is 47.5 Å². The maximum absolute atomic E-state index is 13.1. The Balaban J connectivity index is 1.24. The summed E-state index contributed by atoms with van der Waals surface area (Å²) >= 11 is 0. The van der Waals surface area contributed by atoms with Gasteiger partial charge in [-0.1, -0.05) is 50.2 Å². The zero-order valence-corrected chi connectivity index (χ0v) is 24.0. The zero-order chi connectivity index (χ0) is 32.2. The van der Waals surface area contributed by atoms with Gasteiger partial charge >= 0.3 is 23.9 Å². The molecule has 0 spiro atoms. The molecule has 224 valence electrons. The summed E-state index contributed by atoms with van der Waals surface area (Å²) in [5.74, 6) is -4.15. The van der Waals surface area contributed by atoms with Crippen molar-refractivity contribution in [3.8, 4) is 11.5 Å². The predicted octanol–water partition coefficient (Wildman–Crippen LogP) is 4.90. The van der Waals surface area contributed by atoms with Crippen LogP contribution in [0.4, 0.5) is 0 Å². The number of phenolic OH excluding ortho intramolecular Hbond substituents is 2. The second-order valence-electron chi connectivity index (χ2n) is 11.4. The molecule has 0 aromatic heterocycles. The SMILES string of the molecule is CC(C)(c1ccc(O)c(CC(=O)c2ccc3c(c2)C(=O)OC3=O)c1)c1ccc(O)c(CC(=O)c2ccc3c(c2)C(=O)OC3=O)c1. The van der Waals surface area contributed by atoms with Gasteiger partial charge in [-0.2, -0.15) is 0 Å². The summed E-state index contributed by atoms with van der Waals surface area (Å²) < 4.78 is 9.18. The van der Waals surface area contributed by atoms with Crippen molar-refractivity contribution in [1.82, 2.24) is 0 Å². The fourth-order valence-electron chi connectivity index (χ4n) is 5.47. The van der Waals surface area contributed by atoms with E-state index in [2.05, 4.69) is 9.47 Å². The van der Waals surface area contributed by atoms with Crippen LogP contribution in [0.2, 0.25) is 0 Å². The topological polar surface area (TPSA) is 161 Å². The van der Waals surface area contributed by atoms with Crippen LogP contribution in [-0.4, -0.2) is 45.7 Å². The minimum atomic E-state index is -0.820. The van der Waals surface area contributed by atoms with Crippen LogP contribution in [0.5, 0.6) is 11.5 Å². The van der Waals surface area contributed by atoms with Crippen LogP contribution in [0.25, 0.3) is 0 Å². The highest BCUT2D eigenvalue weighted by Gasteiger charge is 2.32. The summed E-state index contributed by atoms with van der Waals surface area (Å²) in [5, 5.41) is 21.2. The van der Waals surface area contributed by atoms with Crippen LogP contribution in [0.15, 0.2) is 72.8 Å². The van der Waals surface area contributed by atoms with Gasteiger partial charge < -0.3 is 19.7 Å². The van der Waals surface area contributed by atoms with Gasteiger partial charge in [0.2, 0.25) is 0 Å². The minimum absolute atomic E-state index is 0.0142. The summed E-state index contributed by atoms with van der Waals surface area (Å²) in [6.07, 6.45) is -0.375. The van der Waals surface area contributed by atoms with Gasteiger partial charge in [0.25, 0.3) is 0 Å². The highest BCUT2D eigenvalue weighted by molar-refractivity contribution is 6.16. The number of carbonyl (C=O) groups is 6. The molecule has 0 unspecified atom stereocenters. The van der Waals surface area contributed by atoms with Crippen molar-refractivity contribution in [1.29, 1.82) is 0 Å². The maximum Gasteiger partial charge on any atom is 0.346 e. The Morgan fingerprint density at radius 2 is 0.933 bits per heavy atom. The molecule has 0 saturated carbocycles. The summed E-state index contributed by atoms with van der Waals surface area (Å²) in [4.78, 5) is 73.6. The Morgan fingerprint density at radius 3 is 1.33 bits per heavy atom. The lowest BCUT2D eigenvalue weighted by Gasteiger charge is -2.27. The van der Waals surface area contributed by atoms with Crippen molar-refractivity contribution in [3.63, 3.8) is 0 Å². The first kappa shape index (κ1) is 29.2. The van der Waals surface area contributed by atoms with Crippen molar-refractivity contribution in [2.24, 2.45) is 0 Å². The number of benzene rings is 4. The number of fused-ring (bicyclic) bond motifs is 2. The molecule has 6 rings (SSSR count). The Labute approximate surface area is 255 Å². The summed E-state index contributed by atoms with van der Waals surface area (Å²) in [6, 6.07) is 18.0. The largest absolute Gasteiger partial charge is 0.508 e. The molecule has 10 nitrogen and oxygen atoms in total. The molecule has 0 radical (unpaired) electrons. The van der Waals surface area contributed by atoms with Gasteiger partial charge in [-0.15, -0.1) is 0 Å². The molecule has 0 saturated heterocycles. The molecule has 0 fully saturated rings. The molecular weight excluding hydrogens is 580 g/mol. The van der Waals surface area contributed by atoms with E-state index in [0.29, 0.717) is 11.1 Å². The van der Waals surface area contributed by atoms with E-state index >= 15 is 0 Å². The monoisotopic (exact) mass is 604 g/mol. The number of aromatic hydroxyl groups is 2. The van der Waals surface area contributed by atoms with Gasteiger partial charge in [0, 0.05) is 40.5 Å². The molecule has 0 bridgehead atoms. The smallest absolute Gasteiger partial charge is 0.346 e. The maximum atomic E-state index is 13.1. The first-order chi connectivity index (χ1) is 21.3. The Kier molecular flexibility index (Phi) is 6.92. The molecule has 4 aromatic carbocycles. The lowest BCUT2D eigenvalue weighted by Crippen LogP contribution is -2.20. The lowest BCUT2D eigenvalue weighted by molar-refractivity contribution is 0.0425. The Bertz CT molecular complexity index is 1870. The standard InChI is InChI=1S/C35H24O10/c1-35(2,21-5-9-27(36)19(11-21)15-29(38)17-3-7-23-25(13-17)33(42)44-31(23)40)22-6-10-28(37)20(12-22)16-30(39)18-4-8-24-26(14-18)34(43)45-32(24)41/h3-14,36-37H,15-16H2,1-2H3. The van der Waals surface area contributed by atoms with Crippen molar-refractivity contribution >= 4 is 35.4 Å². The van der Waals surface area contributed by atoms with Crippen molar-refractivity contribution < 1.29 is 48.5 Å². The third kappa shape index (κ3) is 5.16. The number of carbonyl (C=O) groups excluding carboxylic acids is 6. The van der Waals surface area contributed by atoms with Crippen molar-refractivity contribution in [2.75, 3.05) is 0 Å². The molecule has 4 aromatic rings. The fourth-order valence-corrected chi connectivity index (χ4v) is 5.47. The lowest BCUT2D eigenvalue weighted by atomic mass is 9.76. The van der Waals surface area contributed by atoms with E-state index in [1.807, 2.05) is 13.8 Å². The number of phenols is 2. The number of esters is 4. The van der Waals surface area contributed by atoms with Crippen molar-refractivity contribution in [3.05, 3.63) is 128 Å². The molecule has 2 heterocycles. The van der Waals surface area contributed by atoms with Gasteiger partial charge in [0.15, 0.2) is 11.6 Å². The second kappa shape index (κ2) is 10.7. The van der Waals surface area contributed by atoms with Crippen LogP contribution in [-0.2, 0) is 27.7 Å². The summed E-state index contributed by atoms with van der Waals surface area (Å²) in [7, 11) is 0. The van der Waals surface area contributed by atoms with E-state index in [-0.39, 0.29) is 69.3 Å². The number of rotatable bonds is 8. The zero-order valence-electron chi connectivity index (χ0n) is 24.0. The third-order valence-corrected chi connectivity index (χ3v) is 8.24. The van der Waals surface area contributed by atoms with E-state index in [9.17, 15) is 39.0 Å². The van der Waals surface area contributed by atoms with E-state index in [1.54, 1.807) is 24.3 Å². The van der Waals surface area contributed by atoms with Crippen molar-refractivity contribution in [2.45, 2.75) is 32.1 Å². The minimum Gasteiger partial charge on any atom is -0.508 e. The highest BCUT2D eigenvalue weighted by atomic mass is 16.6. The normalized spacial score (nSPS) is 13.7. The first-order valence-electron chi connectivity index (χ1n) is 13.9. The molecule has 0 aliphatic carbocycles. The molecule has 2 aliphatic heterocycles. The van der Waals surface area contributed by atoms with Gasteiger partial charge in [-0.25, -0.2) is 19.2 Å². The molecule has 0 atom stereocenters. The van der Waals surface area contributed by atoms with Crippen LogP contribution in [0, 0.1) is 0 Å². The van der Waals surface area contributed by atoms with Crippen LogP contribution < -0.4 is 0 Å². The first-order valence-corrected chi connectivity index (χ1v) is 13.9. The van der Waals surface area contributed by atoms with Gasteiger partial charge in [0.1, 0.15) is 11.5 Å². The number of cyclic esters (lactones) is 4. The molecule has 2 N–H and O–H groups in total. The molecule has 10 heteroatoms. The number of hydrogen-bond acceptors (Lipinski definition) is 10. The molecule has 0 amide bonds. The highest BCUT2D eigenvalue weighted by Crippen LogP contribution is 2.36. The molecular formula is C35H24O10. The average Bonchev–Trinajstić information content (AvgIpc) is 3.46. The molecule has 45 heavy (non-hydrogen) atoms. The van der Waals surface area contributed by atoms with Crippen LogP contribution in [0.3, 0.4) is 0 Å². The number of Topliss-reactive ketones (excluding diaryl/α,β-unsaturated/α-hetero) is 2. The predicted molar refractivity (Wildman–Crippen MR) is 157 cm³/mol. The number of hydrogen-bond donors (Lipinski definition) is 2. The average molecular weight is 605 g/mol. The molecule has 2 aliphatic rings. The van der Waals surface area contributed by atoms with E-state index in [4.69, 9.17) is 0 Å². The number of ether oxygens (including phenoxy) is 2. The third-order valence-electron chi connectivity index (χ3n) is 8.24. The van der Waals surface area contributed by atoms with E-state index in [0.717, 1.165) is 11.1 Å². The van der Waals surface area contributed by atoms with Crippen LogP contribution in [0.1, 0.15) is 98.2 Å². The second-order valence-corrected chi connectivity index (χ2v) is 11.4. The Morgan fingerprint density at radius 1 is 0.556 bits per heavy atom. The Hall–Kier alpha value is -5.90.